The van der Waals surface area contributed by atoms with Crippen LogP contribution in [0, 0.1) is 0 Å². The summed E-state index contributed by atoms with van der Waals surface area (Å²) in [6, 6.07) is 21.7. The number of ether oxygens (including phenoxy) is 2. The molecule has 1 heterocycles. The molecular formula is C25H23N3O4. The normalized spacial score (nSPS) is 10.8. The number of methoxy groups -OCH3 is 1. The second kappa shape index (κ2) is 9.34. The number of nitrogens with one attached hydrogen (secondary N) is 1. The first-order valence-electron chi connectivity index (χ1n) is 10.2. The van der Waals surface area contributed by atoms with Gasteiger partial charge in [0.05, 0.1) is 13.2 Å². The van der Waals surface area contributed by atoms with Crippen molar-refractivity contribution in [2.45, 2.75) is 20.0 Å². The lowest BCUT2D eigenvalue weighted by molar-refractivity contribution is 0.102. The van der Waals surface area contributed by atoms with E-state index in [1.807, 2.05) is 50.2 Å². The molecule has 0 spiro atoms. The summed E-state index contributed by atoms with van der Waals surface area (Å²) in [5, 5.41) is 6.93. The maximum atomic E-state index is 12.5. The molecule has 7 nitrogen and oxygen atoms in total. The first-order valence-corrected chi connectivity index (χ1v) is 10.2. The van der Waals surface area contributed by atoms with Gasteiger partial charge in [-0.25, -0.2) is 0 Å². The Hall–Kier alpha value is -4.13. The van der Waals surface area contributed by atoms with Crippen LogP contribution < -0.4 is 14.8 Å². The Morgan fingerprint density at radius 2 is 1.50 bits per heavy atom. The summed E-state index contributed by atoms with van der Waals surface area (Å²) in [6.45, 7) is 3.91. The van der Waals surface area contributed by atoms with Crippen LogP contribution >= 0.6 is 0 Å². The van der Waals surface area contributed by atoms with Gasteiger partial charge in [-0.3, -0.25) is 4.79 Å². The average molecular weight is 429 g/mol. The van der Waals surface area contributed by atoms with Gasteiger partial charge in [0.1, 0.15) is 11.5 Å². The molecule has 4 rings (SSSR count). The number of hydrogen-bond donors (Lipinski definition) is 1. The minimum absolute atomic E-state index is 0.0827. The van der Waals surface area contributed by atoms with Gasteiger partial charge in [0.15, 0.2) is 0 Å². The van der Waals surface area contributed by atoms with Crippen molar-refractivity contribution < 1.29 is 18.8 Å². The van der Waals surface area contributed by atoms with Crippen molar-refractivity contribution in [1.82, 2.24) is 10.1 Å². The van der Waals surface area contributed by atoms with Gasteiger partial charge >= 0.3 is 0 Å². The number of carbonyl (C=O) groups excluding carboxylic acids is 1. The third-order valence-electron chi connectivity index (χ3n) is 4.65. The predicted molar refractivity (Wildman–Crippen MR) is 122 cm³/mol. The molecule has 1 amide bonds. The van der Waals surface area contributed by atoms with Crippen LogP contribution in [0.25, 0.3) is 22.8 Å². The minimum atomic E-state index is -0.201. The zero-order chi connectivity index (χ0) is 22.5. The fourth-order valence-electron chi connectivity index (χ4n) is 3.05. The highest BCUT2D eigenvalue weighted by atomic mass is 16.5. The summed E-state index contributed by atoms with van der Waals surface area (Å²) in [4.78, 5) is 17.0. The summed E-state index contributed by atoms with van der Waals surface area (Å²) in [5.41, 5.74) is 2.79. The second-order valence-electron chi connectivity index (χ2n) is 7.37. The van der Waals surface area contributed by atoms with Gasteiger partial charge in [-0.05, 0) is 86.6 Å². The number of amides is 1. The zero-order valence-corrected chi connectivity index (χ0v) is 18.0. The van der Waals surface area contributed by atoms with Crippen LogP contribution in [0.3, 0.4) is 0 Å². The Bertz CT molecular complexity index is 1180. The van der Waals surface area contributed by atoms with Gasteiger partial charge in [-0.1, -0.05) is 5.16 Å². The van der Waals surface area contributed by atoms with Crippen molar-refractivity contribution >= 4 is 11.6 Å². The van der Waals surface area contributed by atoms with Crippen molar-refractivity contribution in [3.05, 3.63) is 78.4 Å². The summed E-state index contributed by atoms with van der Waals surface area (Å²) >= 11 is 0. The van der Waals surface area contributed by atoms with Crippen LogP contribution in [0.4, 0.5) is 5.69 Å². The van der Waals surface area contributed by atoms with E-state index in [0.29, 0.717) is 23.0 Å². The van der Waals surface area contributed by atoms with E-state index in [2.05, 4.69) is 15.5 Å². The molecule has 3 aromatic carbocycles. The molecule has 0 aliphatic rings. The highest BCUT2D eigenvalue weighted by molar-refractivity contribution is 6.04. The molecule has 0 fully saturated rings. The fourth-order valence-corrected chi connectivity index (χ4v) is 3.05. The minimum Gasteiger partial charge on any atom is -0.497 e. The summed E-state index contributed by atoms with van der Waals surface area (Å²) in [5.74, 6) is 2.18. The van der Waals surface area contributed by atoms with Crippen molar-refractivity contribution in [1.29, 1.82) is 0 Å². The van der Waals surface area contributed by atoms with Crippen molar-refractivity contribution in [2.24, 2.45) is 0 Å². The van der Waals surface area contributed by atoms with E-state index in [1.54, 1.807) is 43.5 Å². The molecule has 0 atom stereocenters. The Morgan fingerprint density at radius 1 is 0.875 bits per heavy atom. The molecule has 162 valence electrons. The van der Waals surface area contributed by atoms with E-state index in [4.69, 9.17) is 14.0 Å². The van der Waals surface area contributed by atoms with Crippen LogP contribution in [0.2, 0.25) is 0 Å². The Morgan fingerprint density at radius 3 is 2.12 bits per heavy atom. The zero-order valence-electron chi connectivity index (χ0n) is 18.0. The fraction of sp³-hybridized carbons (Fsp3) is 0.160. The predicted octanol–water partition coefficient (Wildman–Crippen LogP) is 5.45. The Labute approximate surface area is 186 Å². The van der Waals surface area contributed by atoms with Crippen LogP contribution in [-0.4, -0.2) is 29.3 Å². The number of benzene rings is 3. The maximum absolute atomic E-state index is 12.5. The molecule has 32 heavy (non-hydrogen) atoms. The monoisotopic (exact) mass is 429 g/mol. The lowest BCUT2D eigenvalue weighted by Gasteiger charge is -2.10. The number of nitrogens with zero attached hydrogens (tertiary/aromatic N) is 2. The molecule has 0 aliphatic carbocycles. The third-order valence-corrected chi connectivity index (χ3v) is 4.65. The van der Waals surface area contributed by atoms with Gasteiger partial charge in [0, 0.05) is 22.4 Å². The molecule has 7 heteroatoms. The van der Waals surface area contributed by atoms with Crippen LogP contribution in [0.15, 0.2) is 77.3 Å². The Balaban J connectivity index is 1.42. The molecule has 4 aromatic rings. The second-order valence-corrected chi connectivity index (χ2v) is 7.37. The molecule has 1 N–H and O–H groups in total. The van der Waals surface area contributed by atoms with Gasteiger partial charge in [-0.15, -0.1) is 0 Å². The van der Waals surface area contributed by atoms with Gasteiger partial charge in [-0.2, -0.15) is 4.98 Å². The number of hydrogen-bond acceptors (Lipinski definition) is 6. The van der Waals surface area contributed by atoms with Crippen LogP contribution in [0.1, 0.15) is 24.2 Å². The highest BCUT2D eigenvalue weighted by Crippen LogP contribution is 2.25. The number of rotatable bonds is 7. The quantitative estimate of drug-likeness (QED) is 0.420. The van der Waals surface area contributed by atoms with E-state index in [9.17, 15) is 4.79 Å². The van der Waals surface area contributed by atoms with E-state index >= 15 is 0 Å². The number of carbonyl (C=O) groups is 1. The SMILES string of the molecule is COc1ccc(-c2noc(-c3ccc(NC(=O)c4ccc(OC(C)C)cc4)cc3)n2)cc1. The van der Waals surface area contributed by atoms with Gasteiger partial charge < -0.3 is 19.3 Å². The molecule has 0 bridgehead atoms. The lowest BCUT2D eigenvalue weighted by Crippen LogP contribution is -2.12. The Kier molecular flexibility index (Phi) is 6.17. The summed E-state index contributed by atoms with van der Waals surface area (Å²) in [6.07, 6.45) is 0.0827. The molecule has 0 saturated heterocycles. The standard InChI is InChI=1S/C25H23N3O4/c1-16(2)31-22-14-8-18(9-15-22)24(29)26-20-10-4-19(5-11-20)25-27-23(28-32-25)17-6-12-21(30-3)13-7-17/h4-16H,1-3H3,(H,26,29). The third kappa shape index (κ3) is 4.95. The van der Waals surface area contributed by atoms with Crippen molar-refractivity contribution in [3.8, 4) is 34.3 Å². The largest absolute Gasteiger partial charge is 0.497 e. The molecule has 0 unspecified atom stereocenters. The number of anilines is 1. The van der Waals surface area contributed by atoms with Crippen molar-refractivity contribution in [3.63, 3.8) is 0 Å². The molecule has 0 radical (unpaired) electrons. The molecule has 0 aliphatic heterocycles. The van der Waals surface area contributed by atoms with Crippen LogP contribution in [-0.2, 0) is 0 Å². The summed E-state index contributed by atoms with van der Waals surface area (Å²) in [7, 11) is 1.62. The van der Waals surface area contributed by atoms with E-state index in [0.717, 1.165) is 22.6 Å². The lowest BCUT2D eigenvalue weighted by atomic mass is 10.1. The molecule has 1 aromatic heterocycles. The highest BCUT2D eigenvalue weighted by Gasteiger charge is 2.12. The topological polar surface area (TPSA) is 86.5 Å². The van der Waals surface area contributed by atoms with E-state index in [-0.39, 0.29) is 12.0 Å². The maximum Gasteiger partial charge on any atom is 0.258 e. The molecular weight excluding hydrogens is 406 g/mol. The van der Waals surface area contributed by atoms with E-state index in [1.165, 1.54) is 0 Å². The molecule has 0 saturated carbocycles. The first-order chi connectivity index (χ1) is 15.5. The van der Waals surface area contributed by atoms with Crippen molar-refractivity contribution in [2.75, 3.05) is 12.4 Å². The summed E-state index contributed by atoms with van der Waals surface area (Å²) < 4.78 is 16.2. The number of aromatic nitrogens is 2. The van der Waals surface area contributed by atoms with Gasteiger partial charge in [0.25, 0.3) is 11.8 Å². The first kappa shape index (κ1) is 21.1. The van der Waals surface area contributed by atoms with E-state index < -0.39 is 0 Å². The average Bonchev–Trinajstić information content (AvgIpc) is 3.30. The smallest absolute Gasteiger partial charge is 0.258 e. The van der Waals surface area contributed by atoms with Gasteiger partial charge in [0.2, 0.25) is 5.82 Å². The van der Waals surface area contributed by atoms with Crippen LogP contribution in [0.5, 0.6) is 11.5 Å².